The quantitative estimate of drug-likeness (QED) is 0.333. The Balaban J connectivity index is 0. The van der Waals surface area contributed by atoms with Crippen molar-refractivity contribution < 1.29 is 19.8 Å². The fraction of sp³-hybridized carbons (Fsp3) is 0.750. The van der Waals surface area contributed by atoms with Crippen molar-refractivity contribution in [3.8, 4) is 0 Å². The van der Waals surface area contributed by atoms with Crippen LogP contribution in [0.2, 0.25) is 0 Å². The fourth-order valence-electron chi connectivity index (χ4n) is 0.930. The smallest absolute Gasteiger partial charge is 0.549 e. The second-order valence-corrected chi connectivity index (χ2v) is 2.69. The minimum absolute atomic E-state index is 0. The average molecular weight is 310 g/mol. The Hall–Kier alpha value is 0.511. The van der Waals surface area contributed by atoms with E-state index in [2.05, 4.69) is 0 Å². The number of aliphatic carboxylic acids is 2. The summed E-state index contributed by atoms with van der Waals surface area (Å²) in [6.45, 7) is 1.95. The standard InChI is InChI=1S/C8H14O4.Ba/c1-2-3-4-5-6(7(9)10)8(11)12;/h6H,2-5H2,1H3,(H,9,10)(H,11,12);/q;+2/p-2. The molecular formula is C8H12BaO4. The Labute approximate surface area is 118 Å². The van der Waals surface area contributed by atoms with Gasteiger partial charge in [-0.3, -0.25) is 0 Å². The van der Waals surface area contributed by atoms with Crippen molar-refractivity contribution in [3.63, 3.8) is 0 Å². The molecule has 0 amide bonds. The van der Waals surface area contributed by atoms with Crippen LogP contribution in [0.25, 0.3) is 0 Å². The van der Waals surface area contributed by atoms with Crippen LogP contribution < -0.4 is 10.2 Å². The Morgan fingerprint density at radius 2 is 1.62 bits per heavy atom. The molecule has 0 heterocycles. The van der Waals surface area contributed by atoms with Crippen LogP contribution in [0.1, 0.15) is 32.6 Å². The van der Waals surface area contributed by atoms with Gasteiger partial charge < -0.3 is 19.8 Å². The van der Waals surface area contributed by atoms with Crippen LogP contribution in [-0.2, 0) is 9.59 Å². The van der Waals surface area contributed by atoms with Crippen LogP contribution >= 0.6 is 0 Å². The number of unbranched alkanes of at least 4 members (excludes halogenated alkanes) is 2. The molecule has 0 unspecified atom stereocenters. The number of hydrogen-bond acceptors (Lipinski definition) is 4. The van der Waals surface area contributed by atoms with Gasteiger partial charge in [-0.05, 0) is 6.42 Å². The first kappa shape index (κ1) is 16.0. The molecule has 4 nitrogen and oxygen atoms in total. The molecule has 0 bridgehead atoms. The van der Waals surface area contributed by atoms with E-state index in [0.717, 1.165) is 12.8 Å². The van der Waals surface area contributed by atoms with Crippen LogP contribution in [-0.4, -0.2) is 60.8 Å². The van der Waals surface area contributed by atoms with Crippen LogP contribution in [0.5, 0.6) is 0 Å². The third kappa shape index (κ3) is 7.57. The van der Waals surface area contributed by atoms with Crippen molar-refractivity contribution in [1.29, 1.82) is 0 Å². The van der Waals surface area contributed by atoms with Crippen molar-refractivity contribution in [2.24, 2.45) is 5.92 Å². The molecule has 0 radical (unpaired) electrons. The molecule has 0 spiro atoms. The molecule has 0 aromatic carbocycles. The molecule has 0 aromatic heterocycles. The van der Waals surface area contributed by atoms with Gasteiger partial charge in [0.05, 0.1) is 11.9 Å². The van der Waals surface area contributed by atoms with E-state index in [9.17, 15) is 19.8 Å². The van der Waals surface area contributed by atoms with Crippen LogP contribution in [0.4, 0.5) is 0 Å². The van der Waals surface area contributed by atoms with Gasteiger partial charge in [-0.25, -0.2) is 0 Å². The summed E-state index contributed by atoms with van der Waals surface area (Å²) in [5.74, 6) is -4.55. The average Bonchev–Trinajstić information content (AvgIpc) is 1.96. The molecule has 13 heavy (non-hydrogen) atoms. The minimum atomic E-state index is -1.55. The third-order valence-corrected chi connectivity index (χ3v) is 1.67. The summed E-state index contributed by atoms with van der Waals surface area (Å²) in [5.41, 5.74) is 0. The van der Waals surface area contributed by atoms with E-state index in [4.69, 9.17) is 0 Å². The maximum atomic E-state index is 10.2. The van der Waals surface area contributed by atoms with E-state index in [1.54, 1.807) is 0 Å². The van der Waals surface area contributed by atoms with Crippen molar-refractivity contribution in [2.45, 2.75) is 32.6 Å². The molecule has 0 aliphatic rings. The van der Waals surface area contributed by atoms with Crippen molar-refractivity contribution in [1.82, 2.24) is 0 Å². The summed E-state index contributed by atoms with van der Waals surface area (Å²) < 4.78 is 0. The molecule has 0 atom stereocenters. The number of carbonyl (C=O) groups excluding carboxylic acids is 2. The summed E-state index contributed by atoms with van der Waals surface area (Å²) in [5, 5.41) is 20.4. The molecule has 0 aromatic rings. The zero-order valence-corrected chi connectivity index (χ0v) is 12.2. The van der Waals surface area contributed by atoms with Gasteiger partial charge in [0, 0.05) is 5.92 Å². The van der Waals surface area contributed by atoms with Gasteiger partial charge in [-0.1, -0.05) is 26.2 Å². The van der Waals surface area contributed by atoms with E-state index in [0.29, 0.717) is 6.42 Å². The molecular weight excluding hydrogens is 297 g/mol. The fourth-order valence-corrected chi connectivity index (χ4v) is 0.930. The largest absolute Gasteiger partial charge is 2.00 e. The summed E-state index contributed by atoms with van der Waals surface area (Å²) in [7, 11) is 0. The van der Waals surface area contributed by atoms with Crippen LogP contribution in [0.15, 0.2) is 0 Å². The molecule has 0 aliphatic carbocycles. The van der Waals surface area contributed by atoms with Gasteiger partial charge in [0.1, 0.15) is 0 Å². The van der Waals surface area contributed by atoms with Crippen molar-refractivity contribution in [2.75, 3.05) is 0 Å². The normalized spacial score (nSPS) is 9.38. The monoisotopic (exact) mass is 310 g/mol. The number of carbonyl (C=O) groups is 2. The molecule has 0 fully saturated rings. The van der Waals surface area contributed by atoms with Gasteiger partial charge in [0.25, 0.3) is 0 Å². The van der Waals surface area contributed by atoms with Gasteiger partial charge in [-0.2, -0.15) is 0 Å². The SMILES string of the molecule is CCCCCC(C(=O)[O-])C(=O)[O-].[Ba+2]. The Bertz CT molecular complexity index is 156. The second-order valence-electron chi connectivity index (χ2n) is 2.69. The molecule has 0 aliphatic heterocycles. The first-order valence-electron chi connectivity index (χ1n) is 4.01. The van der Waals surface area contributed by atoms with E-state index < -0.39 is 17.9 Å². The molecule has 0 saturated heterocycles. The Kier molecular flexibility index (Phi) is 11.2. The Morgan fingerprint density at radius 1 is 1.15 bits per heavy atom. The molecule has 5 heteroatoms. The van der Waals surface area contributed by atoms with Gasteiger partial charge in [0.2, 0.25) is 0 Å². The maximum Gasteiger partial charge on any atom is 2.00 e. The third-order valence-electron chi connectivity index (χ3n) is 1.67. The topological polar surface area (TPSA) is 80.3 Å². The predicted molar refractivity (Wildman–Crippen MR) is 43.4 cm³/mol. The van der Waals surface area contributed by atoms with Crippen molar-refractivity contribution in [3.05, 3.63) is 0 Å². The Morgan fingerprint density at radius 3 is 1.92 bits per heavy atom. The summed E-state index contributed by atoms with van der Waals surface area (Å²) in [6.07, 6.45) is 2.45. The van der Waals surface area contributed by atoms with Gasteiger partial charge in [0.15, 0.2) is 0 Å². The van der Waals surface area contributed by atoms with Gasteiger partial charge >= 0.3 is 48.9 Å². The van der Waals surface area contributed by atoms with E-state index >= 15 is 0 Å². The number of carboxylic acids is 2. The first-order valence-corrected chi connectivity index (χ1v) is 4.01. The number of hydrogen-bond donors (Lipinski definition) is 0. The second kappa shape index (κ2) is 9.08. The minimum Gasteiger partial charge on any atom is -0.549 e. The van der Waals surface area contributed by atoms with E-state index in [1.165, 1.54) is 0 Å². The number of rotatable bonds is 6. The molecule has 0 N–H and O–H groups in total. The number of carboxylic acid groups (broad SMARTS) is 2. The predicted octanol–water partition coefficient (Wildman–Crippen LogP) is -1.70. The first-order chi connectivity index (χ1) is 5.59. The zero-order chi connectivity index (χ0) is 9.56. The van der Waals surface area contributed by atoms with E-state index in [1.807, 2.05) is 6.92 Å². The molecule has 70 valence electrons. The summed E-state index contributed by atoms with van der Waals surface area (Å²) in [4.78, 5) is 20.4. The zero-order valence-electron chi connectivity index (χ0n) is 7.75. The van der Waals surface area contributed by atoms with Crippen LogP contribution in [0.3, 0.4) is 0 Å². The summed E-state index contributed by atoms with van der Waals surface area (Å²) >= 11 is 0. The molecule has 0 saturated carbocycles. The van der Waals surface area contributed by atoms with Crippen LogP contribution in [0, 0.1) is 5.92 Å². The molecule has 0 rings (SSSR count). The maximum absolute atomic E-state index is 10.2. The van der Waals surface area contributed by atoms with Gasteiger partial charge in [-0.15, -0.1) is 0 Å². The van der Waals surface area contributed by atoms with E-state index in [-0.39, 0.29) is 55.3 Å². The van der Waals surface area contributed by atoms with Crippen molar-refractivity contribution >= 4 is 60.8 Å². The summed E-state index contributed by atoms with van der Waals surface area (Å²) in [6, 6.07) is 0.